The number of likely N-dealkylation sites (N-methyl/N-ethyl adjacent to an activating group) is 1. The van der Waals surface area contributed by atoms with Crippen LogP contribution in [0.1, 0.15) is 32.4 Å². The zero-order valence-electron chi connectivity index (χ0n) is 17.6. The second-order valence-electron chi connectivity index (χ2n) is 8.16. The standard InChI is InChI=1S/C22H24N4O3S2/c1-22(2,19-14-30-21(24-19)25-31(28,29)18-10-11-18)20(27)26(3)17-8-6-15(7-9-17)16-5-4-12-23-13-16/h4-9,12-14,18H,10-11H2,1-3H3,(H,24,25). The lowest BCUT2D eigenvalue weighted by Crippen LogP contribution is -2.41. The molecule has 3 aromatic rings. The SMILES string of the molecule is CN(C(=O)C(C)(C)c1csc(NS(=O)(=O)C2CC2)n1)c1ccc(-c2cccnc2)cc1. The van der Waals surface area contributed by atoms with Crippen LogP contribution in [0.25, 0.3) is 11.1 Å². The third-order valence-corrected chi connectivity index (χ3v) is 8.14. The highest BCUT2D eigenvalue weighted by molar-refractivity contribution is 7.93. The summed E-state index contributed by atoms with van der Waals surface area (Å²) in [4.78, 5) is 23.4. The van der Waals surface area contributed by atoms with Crippen LogP contribution in [0.15, 0.2) is 54.2 Å². The third kappa shape index (κ3) is 4.47. The molecule has 7 nitrogen and oxygen atoms in total. The van der Waals surface area contributed by atoms with E-state index in [4.69, 9.17) is 0 Å². The number of hydrogen-bond donors (Lipinski definition) is 1. The minimum atomic E-state index is -3.38. The maximum Gasteiger partial charge on any atom is 0.238 e. The van der Waals surface area contributed by atoms with Gasteiger partial charge in [-0.25, -0.2) is 13.4 Å². The van der Waals surface area contributed by atoms with Crippen molar-refractivity contribution >= 4 is 38.1 Å². The van der Waals surface area contributed by atoms with Gasteiger partial charge in [-0.15, -0.1) is 11.3 Å². The fraction of sp³-hybridized carbons (Fsp3) is 0.318. The predicted molar refractivity (Wildman–Crippen MR) is 124 cm³/mol. The fourth-order valence-electron chi connectivity index (χ4n) is 3.25. The second-order valence-corrected chi connectivity index (χ2v) is 11.0. The van der Waals surface area contributed by atoms with Crippen LogP contribution in [0.2, 0.25) is 0 Å². The Balaban J connectivity index is 1.50. The van der Waals surface area contributed by atoms with Crippen LogP contribution in [0, 0.1) is 0 Å². The molecule has 0 bridgehead atoms. The monoisotopic (exact) mass is 456 g/mol. The molecule has 0 aliphatic heterocycles. The molecule has 1 aliphatic rings. The second kappa shape index (κ2) is 8.05. The van der Waals surface area contributed by atoms with Crippen molar-refractivity contribution in [1.29, 1.82) is 0 Å². The molecule has 1 saturated carbocycles. The molecule has 1 aromatic carbocycles. The van der Waals surface area contributed by atoms with E-state index in [1.54, 1.807) is 43.6 Å². The van der Waals surface area contributed by atoms with Gasteiger partial charge in [-0.2, -0.15) is 0 Å². The molecule has 0 saturated heterocycles. The Kier molecular flexibility index (Phi) is 5.57. The molecule has 2 heterocycles. The van der Waals surface area contributed by atoms with Gasteiger partial charge in [-0.1, -0.05) is 18.2 Å². The molecule has 1 aliphatic carbocycles. The predicted octanol–water partition coefficient (Wildman–Crippen LogP) is 4.05. The normalized spacial score (nSPS) is 14.3. The number of carbonyl (C=O) groups excluding carboxylic acids is 1. The van der Waals surface area contributed by atoms with E-state index in [0.717, 1.165) is 16.8 Å². The highest BCUT2D eigenvalue weighted by Gasteiger charge is 2.38. The van der Waals surface area contributed by atoms with Gasteiger partial charge in [0, 0.05) is 30.5 Å². The van der Waals surface area contributed by atoms with Crippen molar-refractivity contribution < 1.29 is 13.2 Å². The molecule has 1 N–H and O–H groups in total. The van der Waals surface area contributed by atoms with E-state index in [1.165, 1.54) is 11.3 Å². The van der Waals surface area contributed by atoms with Crippen molar-refractivity contribution in [2.45, 2.75) is 37.4 Å². The van der Waals surface area contributed by atoms with E-state index < -0.39 is 15.4 Å². The van der Waals surface area contributed by atoms with Crippen molar-refractivity contribution in [1.82, 2.24) is 9.97 Å². The summed E-state index contributed by atoms with van der Waals surface area (Å²) >= 11 is 1.19. The van der Waals surface area contributed by atoms with Gasteiger partial charge in [-0.3, -0.25) is 14.5 Å². The fourth-order valence-corrected chi connectivity index (χ4v) is 5.72. The van der Waals surface area contributed by atoms with Gasteiger partial charge in [0.25, 0.3) is 0 Å². The number of nitrogens with one attached hydrogen (secondary N) is 1. The molecule has 0 radical (unpaired) electrons. The first-order valence-corrected chi connectivity index (χ1v) is 12.4. The van der Waals surface area contributed by atoms with Gasteiger partial charge < -0.3 is 4.90 Å². The lowest BCUT2D eigenvalue weighted by molar-refractivity contribution is -0.122. The minimum Gasteiger partial charge on any atom is -0.315 e. The van der Waals surface area contributed by atoms with Gasteiger partial charge in [-0.05, 0) is 56.0 Å². The van der Waals surface area contributed by atoms with Crippen molar-refractivity contribution in [2.75, 3.05) is 16.7 Å². The summed E-state index contributed by atoms with van der Waals surface area (Å²) in [5, 5.41) is 1.71. The molecule has 4 rings (SSSR count). The number of amides is 1. The Morgan fingerprint density at radius 3 is 2.48 bits per heavy atom. The Hall–Kier alpha value is -2.78. The number of rotatable bonds is 7. The molecular formula is C22H24N4O3S2. The van der Waals surface area contributed by atoms with Crippen molar-refractivity contribution in [3.05, 3.63) is 59.9 Å². The molecule has 0 atom stereocenters. The molecule has 9 heteroatoms. The Labute approximate surface area is 186 Å². The summed E-state index contributed by atoms with van der Waals surface area (Å²) in [7, 11) is -1.65. The summed E-state index contributed by atoms with van der Waals surface area (Å²) < 4.78 is 26.9. The Morgan fingerprint density at radius 2 is 1.87 bits per heavy atom. The quantitative estimate of drug-likeness (QED) is 0.579. The van der Waals surface area contributed by atoms with E-state index in [1.807, 2.05) is 36.4 Å². The maximum atomic E-state index is 13.3. The van der Waals surface area contributed by atoms with Crippen molar-refractivity contribution in [2.24, 2.45) is 0 Å². The summed E-state index contributed by atoms with van der Waals surface area (Å²) in [5.41, 5.74) is 2.40. The number of nitrogens with zero attached hydrogens (tertiary/aromatic N) is 3. The first kappa shape index (κ1) is 21.5. The number of aromatic nitrogens is 2. The summed E-state index contributed by atoms with van der Waals surface area (Å²) in [6.45, 7) is 3.59. The minimum absolute atomic E-state index is 0.136. The topological polar surface area (TPSA) is 92.3 Å². The average Bonchev–Trinajstić information content (AvgIpc) is 3.54. The molecule has 0 spiro atoms. The van der Waals surface area contributed by atoms with Crippen LogP contribution in [0.3, 0.4) is 0 Å². The number of hydrogen-bond acceptors (Lipinski definition) is 6. The van der Waals surface area contributed by atoms with Gasteiger partial charge in [0.15, 0.2) is 5.13 Å². The zero-order chi connectivity index (χ0) is 22.2. The molecular weight excluding hydrogens is 432 g/mol. The van der Waals surface area contributed by atoms with Gasteiger partial charge in [0.2, 0.25) is 15.9 Å². The third-order valence-electron chi connectivity index (χ3n) is 5.43. The van der Waals surface area contributed by atoms with Gasteiger partial charge in [0.1, 0.15) is 0 Å². The van der Waals surface area contributed by atoms with Crippen LogP contribution in [-0.4, -0.2) is 36.6 Å². The van der Waals surface area contributed by atoms with Gasteiger partial charge >= 0.3 is 0 Å². The molecule has 0 unspecified atom stereocenters. The van der Waals surface area contributed by atoms with E-state index in [9.17, 15) is 13.2 Å². The molecule has 162 valence electrons. The average molecular weight is 457 g/mol. The summed E-state index contributed by atoms with van der Waals surface area (Å²) in [6, 6.07) is 11.6. The number of anilines is 2. The molecule has 1 amide bonds. The largest absolute Gasteiger partial charge is 0.315 e. The van der Waals surface area contributed by atoms with E-state index >= 15 is 0 Å². The zero-order valence-corrected chi connectivity index (χ0v) is 19.2. The number of carbonyl (C=O) groups is 1. The molecule has 31 heavy (non-hydrogen) atoms. The number of sulfonamides is 1. The Morgan fingerprint density at radius 1 is 1.16 bits per heavy atom. The maximum absolute atomic E-state index is 13.3. The van der Waals surface area contributed by atoms with Crippen molar-refractivity contribution in [3.63, 3.8) is 0 Å². The van der Waals surface area contributed by atoms with Gasteiger partial charge in [0.05, 0.1) is 16.4 Å². The van der Waals surface area contributed by atoms with E-state index in [0.29, 0.717) is 23.7 Å². The van der Waals surface area contributed by atoms with E-state index in [2.05, 4.69) is 14.7 Å². The smallest absolute Gasteiger partial charge is 0.238 e. The molecule has 2 aromatic heterocycles. The van der Waals surface area contributed by atoms with Crippen LogP contribution in [0.5, 0.6) is 0 Å². The number of benzene rings is 1. The van der Waals surface area contributed by atoms with Crippen LogP contribution in [-0.2, 0) is 20.2 Å². The van der Waals surface area contributed by atoms with Crippen LogP contribution in [0.4, 0.5) is 10.8 Å². The lowest BCUT2D eigenvalue weighted by atomic mass is 9.88. The first-order valence-electron chi connectivity index (χ1n) is 9.95. The van der Waals surface area contributed by atoms with E-state index in [-0.39, 0.29) is 11.2 Å². The van der Waals surface area contributed by atoms with Crippen LogP contribution >= 0.6 is 11.3 Å². The summed E-state index contributed by atoms with van der Waals surface area (Å²) in [6.07, 6.45) is 4.89. The highest BCUT2D eigenvalue weighted by atomic mass is 32.2. The molecule has 1 fully saturated rings. The number of pyridine rings is 1. The van der Waals surface area contributed by atoms with Crippen LogP contribution < -0.4 is 9.62 Å². The number of thiazole rings is 1. The lowest BCUT2D eigenvalue weighted by Gasteiger charge is -2.28. The highest BCUT2D eigenvalue weighted by Crippen LogP contribution is 2.34. The Bertz CT molecular complexity index is 1190. The first-order chi connectivity index (χ1) is 14.7. The van der Waals surface area contributed by atoms with Crippen molar-refractivity contribution in [3.8, 4) is 11.1 Å². The summed E-state index contributed by atoms with van der Waals surface area (Å²) in [5.74, 6) is -0.136.